The fourth-order valence-electron chi connectivity index (χ4n) is 2.42. The molecule has 124 valence electrons. The summed E-state index contributed by atoms with van der Waals surface area (Å²) in [6.45, 7) is 1.55. The van der Waals surface area contributed by atoms with Crippen molar-refractivity contribution in [2.24, 2.45) is 10.3 Å². The number of benzene rings is 1. The Hall–Kier alpha value is -2.28. The van der Waals surface area contributed by atoms with Crippen LogP contribution in [-0.4, -0.2) is 44.8 Å². The Morgan fingerprint density at radius 1 is 1.22 bits per heavy atom. The molecular weight excluding hydrogens is 300 g/mol. The molecule has 1 aromatic rings. The molecule has 1 atom stereocenters. The van der Waals surface area contributed by atoms with Crippen molar-refractivity contribution in [1.82, 2.24) is 0 Å². The third-order valence-electron chi connectivity index (χ3n) is 3.48. The van der Waals surface area contributed by atoms with E-state index in [0.29, 0.717) is 30.2 Å². The highest BCUT2D eigenvalue weighted by Crippen LogP contribution is 2.25. The summed E-state index contributed by atoms with van der Waals surface area (Å²) in [7, 11) is 1.47. The quantitative estimate of drug-likeness (QED) is 0.615. The highest BCUT2D eigenvalue weighted by Gasteiger charge is 2.24. The second-order valence-corrected chi connectivity index (χ2v) is 5.11. The fraction of sp³-hybridized carbons (Fsp3) is 0.500. The molecule has 0 aliphatic carbocycles. The first-order valence-corrected chi connectivity index (χ1v) is 7.70. The molecule has 1 fully saturated rings. The average molecular weight is 320 g/mol. The first-order valence-electron chi connectivity index (χ1n) is 7.70. The molecule has 7 heteroatoms. The standard InChI is InChI=1S/C16H20N2O5/c1-19-17-15(16-18-22-11-10-21-16)12-6-2-3-7-13(12)23-14-8-4-5-9-20-14/h2-3,6-7,14H,4-5,8-11H2,1H3/b17-15-. The fourth-order valence-corrected chi connectivity index (χ4v) is 2.42. The molecule has 2 aliphatic heterocycles. The predicted molar refractivity (Wildman–Crippen MR) is 83.5 cm³/mol. The SMILES string of the molecule is CO/N=C(\C1=NOCCO1)c1ccccc1OC1CCCCO1. The number of ether oxygens (including phenoxy) is 3. The van der Waals surface area contributed by atoms with Gasteiger partial charge in [-0.3, -0.25) is 0 Å². The Morgan fingerprint density at radius 3 is 2.87 bits per heavy atom. The van der Waals surface area contributed by atoms with Gasteiger partial charge in [0.2, 0.25) is 0 Å². The molecule has 0 N–H and O–H groups in total. The number of para-hydroxylation sites is 1. The van der Waals surface area contributed by atoms with Gasteiger partial charge < -0.3 is 23.9 Å². The molecule has 0 saturated carbocycles. The minimum atomic E-state index is -0.251. The van der Waals surface area contributed by atoms with Gasteiger partial charge in [-0.25, -0.2) is 0 Å². The average Bonchev–Trinajstić information content (AvgIpc) is 2.62. The van der Waals surface area contributed by atoms with Crippen LogP contribution in [0, 0.1) is 0 Å². The molecule has 0 radical (unpaired) electrons. The number of rotatable bonds is 5. The predicted octanol–water partition coefficient (Wildman–Crippen LogP) is 2.30. The van der Waals surface area contributed by atoms with Crippen LogP contribution >= 0.6 is 0 Å². The number of nitrogens with zero attached hydrogens (tertiary/aromatic N) is 2. The molecule has 0 aromatic heterocycles. The van der Waals surface area contributed by atoms with Crippen molar-refractivity contribution in [1.29, 1.82) is 0 Å². The first-order chi connectivity index (χ1) is 11.4. The third kappa shape index (κ3) is 3.92. The Bertz CT molecular complexity index is 582. The molecule has 0 amide bonds. The van der Waals surface area contributed by atoms with Crippen LogP contribution in [0.3, 0.4) is 0 Å². The lowest BCUT2D eigenvalue weighted by Gasteiger charge is -2.25. The van der Waals surface area contributed by atoms with Gasteiger partial charge in [-0.2, -0.15) is 0 Å². The minimum Gasteiger partial charge on any atom is -0.470 e. The largest absolute Gasteiger partial charge is 0.470 e. The Morgan fingerprint density at radius 2 is 2.13 bits per heavy atom. The van der Waals surface area contributed by atoms with Crippen molar-refractivity contribution in [2.45, 2.75) is 25.6 Å². The molecule has 1 unspecified atom stereocenters. The van der Waals surface area contributed by atoms with Crippen molar-refractivity contribution < 1.29 is 23.9 Å². The molecular formula is C16H20N2O5. The van der Waals surface area contributed by atoms with Crippen LogP contribution in [0.5, 0.6) is 5.75 Å². The maximum Gasteiger partial charge on any atom is 0.280 e. The molecule has 2 aliphatic rings. The van der Waals surface area contributed by atoms with Crippen LogP contribution in [0.2, 0.25) is 0 Å². The molecule has 2 heterocycles. The summed E-state index contributed by atoms with van der Waals surface area (Å²) >= 11 is 0. The van der Waals surface area contributed by atoms with E-state index >= 15 is 0 Å². The van der Waals surface area contributed by atoms with E-state index in [0.717, 1.165) is 25.9 Å². The summed E-state index contributed by atoms with van der Waals surface area (Å²) in [4.78, 5) is 10.0. The maximum absolute atomic E-state index is 5.99. The van der Waals surface area contributed by atoms with E-state index in [2.05, 4.69) is 10.3 Å². The molecule has 7 nitrogen and oxygen atoms in total. The van der Waals surface area contributed by atoms with Gasteiger partial charge in [0.1, 0.15) is 19.5 Å². The highest BCUT2D eigenvalue weighted by molar-refractivity contribution is 6.45. The highest BCUT2D eigenvalue weighted by atomic mass is 16.7. The van der Waals surface area contributed by atoms with E-state index in [1.165, 1.54) is 7.11 Å². The molecule has 23 heavy (non-hydrogen) atoms. The Balaban J connectivity index is 1.87. The number of hydrogen-bond acceptors (Lipinski definition) is 7. The van der Waals surface area contributed by atoms with Crippen LogP contribution < -0.4 is 4.74 Å². The van der Waals surface area contributed by atoms with Crippen LogP contribution in [0.4, 0.5) is 0 Å². The summed E-state index contributed by atoms with van der Waals surface area (Å²) in [5, 5.41) is 7.94. The Labute approximate surface area is 134 Å². The van der Waals surface area contributed by atoms with Gasteiger partial charge in [0.05, 0.1) is 12.2 Å². The summed E-state index contributed by atoms with van der Waals surface area (Å²) in [6, 6.07) is 7.52. The van der Waals surface area contributed by atoms with E-state index < -0.39 is 0 Å². The molecule has 0 spiro atoms. The number of oxime groups is 2. The monoisotopic (exact) mass is 320 g/mol. The smallest absolute Gasteiger partial charge is 0.280 e. The number of hydrogen-bond donors (Lipinski definition) is 0. The van der Waals surface area contributed by atoms with Crippen LogP contribution in [-0.2, 0) is 19.1 Å². The summed E-state index contributed by atoms with van der Waals surface area (Å²) < 4.78 is 17.2. The van der Waals surface area contributed by atoms with Crippen LogP contribution in [0.25, 0.3) is 0 Å². The van der Waals surface area contributed by atoms with E-state index in [4.69, 9.17) is 23.9 Å². The van der Waals surface area contributed by atoms with Gasteiger partial charge in [-0.05, 0) is 30.1 Å². The first kappa shape index (κ1) is 15.6. The van der Waals surface area contributed by atoms with Crippen molar-refractivity contribution in [3.8, 4) is 5.75 Å². The maximum atomic E-state index is 5.99. The zero-order valence-corrected chi connectivity index (χ0v) is 13.1. The summed E-state index contributed by atoms with van der Waals surface area (Å²) in [6.07, 6.45) is 2.78. The van der Waals surface area contributed by atoms with Crippen LogP contribution in [0.1, 0.15) is 24.8 Å². The second-order valence-electron chi connectivity index (χ2n) is 5.11. The molecule has 1 saturated heterocycles. The van der Waals surface area contributed by atoms with Gasteiger partial charge >= 0.3 is 0 Å². The topological polar surface area (TPSA) is 70.9 Å². The second kappa shape index (κ2) is 7.82. The van der Waals surface area contributed by atoms with Crippen molar-refractivity contribution in [2.75, 3.05) is 26.9 Å². The zero-order valence-electron chi connectivity index (χ0n) is 13.1. The molecule has 3 rings (SSSR count). The van der Waals surface area contributed by atoms with E-state index in [1.54, 1.807) is 0 Å². The van der Waals surface area contributed by atoms with Gasteiger partial charge in [-0.15, -0.1) is 0 Å². The third-order valence-corrected chi connectivity index (χ3v) is 3.48. The van der Waals surface area contributed by atoms with E-state index in [1.807, 2.05) is 24.3 Å². The minimum absolute atomic E-state index is 0.251. The summed E-state index contributed by atoms with van der Waals surface area (Å²) in [5.74, 6) is 0.922. The van der Waals surface area contributed by atoms with Crippen molar-refractivity contribution >= 4 is 11.6 Å². The van der Waals surface area contributed by atoms with E-state index in [-0.39, 0.29) is 12.2 Å². The van der Waals surface area contributed by atoms with Gasteiger partial charge in [0.25, 0.3) is 5.90 Å². The van der Waals surface area contributed by atoms with Crippen LogP contribution in [0.15, 0.2) is 34.6 Å². The molecule has 0 bridgehead atoms. The van der Waals surface area contributed by atoms with Gasteiger partial charge in [0.15, 0.2) is 18.6 Å². The van der Waals surface area contributed by atoms with Crippen molar-refractivity contribution in [3.63, 3.8) is 0 Å². The van der Waals surface area contributed by atoms with Gasteiger partial charge in [-0.1, -0.05) is 17.3 Å². The van der Waals surface area contributed by atoms with Gasteiger partial charge in [0, 0.05) is 6.42 Å². The zero-order chi connectivity index (χ0) is 15.9. The normalized spacial score (nSPS) is 21.7. The lowest BCUT2D eigenvalue weighted by Crippen LogP contribution is -2.28. The molecule has 1 aromatic carbocycles. The lowest BCUT2D eigenvalue weighted by molar-refractivity contribution is -0.106. The van der Waals surface area contributed by atoms with Crippen molar-refractivity contribution in [3.05, 3.63) is 29.8 Å². The Kier molecular flexibility index (Phi) is 5.31. The lowest BCUT2D eigenvalue weighted by atomic mass is 10.1. The van der Waals surface area contributed by atoms with E-state index in [9.17, 15) is 0 Å². The summed E-state index contributed by atoms with van der Waals surface area (Å²) in [5.41, 5.74) is 1.14.